The summed E-state index contributed by atoms with van der Waals surface area (Å²) in [5.74, 6) is -0.149. The minimum absolute atomic E-state index is 0.235. The van der Waals surface area contributed by atoms with Crippen molar-refractivity contribution in [1.82, 2.24) is 9.78 Å². The molecule has 0 atom stereocenters. The van der Waals surface area contributed by atoms with Crippen molar-refractivity contribution in [2.45, 2.75) is 6.92 Å². The van der Waals surface area contributed by atoms with Crippen LogP contribution in [0.2, 0.25) is 0 Å². The van der Waals surface area contributed by atoms with E-state index in [1.807, 2.05) is 37.3 Å². The number of aryl methyl sites for hydroxylation is 1. The Bertz CT molecular complexity index is 763. The Hall–Kier alpha value is -2.63. The van der Waals surface area contributed by atoms with Crippen LogP contribution in [0.1, 0.15) is 12.5 Å². The molecule has 6 heteroatoms. The van der Waals surface area contributed by atoms with Gasteiger partial charge in [-0.3, -0.25) is 9.67 Å². The van der Waals surface area contributed by atoms with E-state index in [1.165, 1.54) is 13.2 Å². The molecule has 0 saturated carbocycles. The maximum absolute atomic E-state index is 13.9. The zero-order valence-electron chi connectivity index (χ0n) is 12.7. The summed E-state index contributed by atoms with van der Waals surface area (Å²) >= 11 is 0. The fraction of sp³-hybridized carbons (Fsp3) is 0.250. The lowest BCUT2D eigenvalue weighted by molar-refractivity contribution is 0.386. The van der Waals surface area contributed by atoms with Gasteiger partial charge in [-0.2, -0.15) is 5.10 Å². The number of halogens is 1. The molecular weight excluding hydrogens is 283 g/mol. The molecule has 1 aromatic heterocycles. The minimum Gasteiger partial charge on any atom is -0.494 e. The van der Waals surface area contributed by atoms with Crippen molar-refractivity contribution in [1.29, 1.82) is 0 Å². The quantitative estimate of drug-likeness (QED) is 0.875. The molecule has 0 saturated heterocycles. The highest BCUT2D eigenvalue weighted by atomic mass is 19.1. The highest BCUT2D eigenvalue weighted by Crippen LogP contribution is 2.23. The van der Waals surface area contributed by atoms with Gasteiger partial charge in [0, 0.05) is 25.0 Å². The molecule has 3 rings (SSSR count). The molecule has 22 heavy (non-hydrogen) atoms. The molecule has 0 spiro atoms. The molecular formula is C16H17FN4O. The van der Waals surface area contributed by atoms with Gasteiger partial charge >= 0.3 is 0 Å². The summed E-state index contributed by atoms with van der Waals surface area (Å²) in [6.07, 6.45) is 5.72. The van der Waals surface area contributed by atoms with E-state index in [2.05, 4.69) is 10.1 Å². The van der Waals surface area contributed by atoms with Crippen LogP contribution in [-0.2, 0) is 7.05 Å². The predicted molar refractivity (Wildman–Crippen MR) is 83.8 cm³/mol. The second kappa shape index (κ2) is 5.63. The zero-order chi connectivity index (χ0) is 15.7. The van der Waals surface area contributed by atoms with Crippen molar-refractivity contribution in [3.63, 3.8) is 0 Å². The molecule has 2 aromatic rings. The Morgan fingerprint density at radius 2 is 2.14 bits per heavy atom. The normalized spacial score (nSPS) is 14.6. The molecule has 0 radical (unpaired) electrons. The van der Waals surface area contributed by atoms with Gasteiger partial charge in [-0.1, -0.05) is 0 Å². The van der Waals surface area contributed by atoms with Crippen LogP contribution < -0.4 is 9.64 Å². The summed E-state index contributed by atoms with van der Waals surface area (Å²) in [7, 11) is 3.33. The molecule has 1 aromatic carbocycles. The van der Waals surface area contributed by atoms with Gasteiger partial charge in [0.2, 0.25) is 0 Å². The van der Waals surface area contributed by atoms with E-state index >= 15 is 0 Å². The monoisotopic (exact) mass is 300 g/mol. The number of rotatable bonds is 3. The molecule has 0 fully saturated rings. The third-order valence-corrected chi connectivity index (χ3v) is 3.55. The Morgan fingerprint density at radius 3 is 2.73 bits per heavy atom. The molecule has 5 nitrogen and oxygen atoms in total. The van der Waals surface area contributed by atoms with Crippen molar-refractivity contribution >= 4 is 11.4 Å². The van der Waals surface area contributed by atoms with Crippen molar-refractivity contribution in [2.75, 3.05) is 18.7 Å². The number of benzene rings is 1. The van der Waals surface area contributed by atoms with Crippen LogP contribution in [0.5, 0.6) is 5.75 Å². The lowest BCUT2D eigenvalue weighted by Crippen LogP contribution is -2.24. The topological polar surface area (TPSA) is 42.6 Å². The Morgan fingerprint density at radius 1 is 1.32 bits per heavy atom. The third kappa shape index (κ3) is 2.59. The van der Waals surface area contributed by atoms with Crippen LogP contribution in [0.4, 0.5) is 10.1 Å². The van der Waals surface area contributed by atoms with Crippen molar-refractivity contribution in [3.05, 3.63) is 53.7 Å². The van der Waals surface area contributed by atoms with Crippen molar-refractivity contribution < 1.29 is 9.13 Å². The first kappa shape index (κ1) is 14.3. The highest BCUT2D eigenvalue weighted by molar-refractivity contribution is 6.13. The number of hydrogen-bond acceptors (Lipinski definition) is 4. The van der Waals surface area contributed by atoms with Gasteiger partial charge in [-0.15, -0.1) is 0 Å². The third-order valence-electron chi connectivity index (χ3n) is 3.55. The molecule has 0 amide bonds. The molecule has 1 aliphatic rings. The SMILES string of the molecule is COc1ccc(C2=NCN(c3cnn(C)c3)C=C2C)cc1F. The number of nitrogens with zero attached hydrogens (tertiary/aromatic N) is 4. The lowest BCUT2D eigenvalue weighted by Gasteiger charge is -2.23. The second-order valence-corrected chi connectivity index (χ2v) is 5.15. The molecule has 0 aliphatic carbocycles. The van der Waals surface area contributed by atoms with Gasteiger partial charge in [0.25, 0.3) is 0 Å². The van der Waals surface area contributed by atoms with Gasteiger partial charge in [-0.05, 0) is 30.7 Å². The standard InChI is InChI=1S/C16H17FN4O/c1-11-8-21(13-7-19-20(2)9-13)10-18-16(11)12-4-5-15(22-3)14(17)6-12/h4-9H,10H2,1-3H3. The van der Waals surface area contributed by atoms with E-state index in [0.717, 1.165) is 22.5 Å². The summed E-state index contributed by atoms with van der Waals surface area (Å²) in [5, 5.41) is 4.16. The van der Waals surface area contributed by atoms with Gasteiger partial charge in [0.1, 0.15) is 6.67 Å². The molecule has 2 heterocycles. The van der Waals surface area contributed by atoms with Crippen LogP contribution in [0.15, 0.2) is 47.4 Å². The van der Waals surface area contributed by atoms with E-state index in [-0.39, 0.29) is 11.6 Å². The number of methoxy groups -OCH3 is 1. The van der Waals surface area contributed by atoms with Gasteiger partial charge in [-0.25, -0.2) is 4.39 Å². The van der Waals surface area contributed by atoms with E-state index in [0.29, 0.717) is 6.67 Å². The van der Waals surface area contributed by atoms with E-state index in [9.17, 15) is 4.39 Å². The smallest absolute Gasteiger partial charge is 0.165 e. The first-order valence-corrected chi connectivity index (χ1v) is 6.91. The van der Waals surface area contributed by atoms with Crippen molar-refractivity contribution in [3.8, 4) is 5.75 Å². The van der Waals surface area contributed by atoms with E-state index in [1.54, 1.807) is 16.9 Å². The average molecular weight is 300 g/mol. The predicted octanol–water partition coefficient (Wildman–Crippen LogP) is 2.74. The Kier molecular flexibility index (Phi) is 3.66. The van der Waals surface area contributed by atoms with Gasteiger partial charge in [0.15, 0.2) is 11.6 Å². The molecule has 0 bridgehead atoms. The summed E-state index contributed by atoms with van der Waals surface area (Å²) in [6.45, 7) is 2.44. The molecule has 0 N–H and O–H groups in total. The Labute approximate surface area is 128 Å². The summed E-state index contributed by atoms with van der Waals surface area (Å²) in [6, 6.07) is 4.89. The second-order valence-electron chi connectivity index (χ2n) is 5.15. The van der Waals surface area contributed by atoms with Crippen LogP contribution in [0.3, 0.4) is 0 Å². The highest BCUT2D eigenvalue weighted by Gasteiger charge is 2.16. The molecule has 114 valence electrons. The maximum Gasteiger partial charge on any atom is 0.165 e. The number of allylic oxidation sites excluding steroid dienone is 1. The number of aromatic nitrogens is 2. The van der Waals surface area contributed by atoms with Crippen LogP contribution in [0, 0.1) is 5.82 Å². The average Bonchev–Trinajstić information content (AvgIpc) is 2.93. The largest absolute Gasteiger partial charge is 0.494 e. The maximum atomic E-state index is 13.9. The zero-order valence-corrected chi connectivity index (χ0v) is 12.7. The van der Waals surface area contributed by atoms with Crippen LogP contribution in [0.25, 0.3) is 0 Å². The number of hydrogen-bond donors (Lipinski definition) is 0. The van der Waals surface area contributed by atoms with E-state index in [4.69, 9.17) is 4.74 Å². The number of anilines is 1. The minimum atomic E-state index is -0.384. The fourth-order valence-corrected chi connectivity index (χ4v) is 2.45. The first-order chi connectivity index (χ1) is 10.6. The van der Waals surface area contributed by atoms with Crippen LogP contribution in [-0.4, -0.2) is 29.3 Å². The fourth-order valence-electron chi connectivity index (χ4n) is 2.45. The number of aliphatic imine (C=N–C) groups is 1. The van der Waals surface area contributed by atoms with Gasteiger partial charge < -0.3 is 9.64 Å². The molecule has 0 unspecified atom stereocenters. The van der Waals surface area contributed by atoms with Crippen molar-refractivity contribution in [2.24, 2.45) is 12.0 Å². The first-order valence-electron chi connectivity index (χ1n) is 6.91. The van der Waals surface area contributed by atoms with Crippen LogP contribution >= 0.6 is 0 Å². The number of ether oxygens (including phenoxy) is 1. The summed E-state index contributed by atoms with van der Waals surface area (Å²) in [5.41, 5.74) is 3.49. The molecule has 1 aliphatic heterocycles. The Balaban J connectivity index is 1.87. The van der Waals surface area contributed by atoms with Gasteiger partial charge in [0.05, 0.1) is 24.7 Å². The lowest BCUT2D eigenvalue weighted by atomic mass is 10.0. The summed E-state index contributed by atoms with van der Waals surface area (Å²) in [4.78, 5) is 6.58. The van der Waals surface area contributed by atoms with E-state index < -0.39 is 0 Å². The summed E-state index contributed by atoms with van der Waals surface area (Å²) < 4.78 is 20.5.